The van der Waals surface area contributed by atoms with Crippen LogP contribution in [0.15, 0.2) is 5.16 Å². The van der Waals surface area contributed by atoms with E-state index in [0.717, 1.165) is 12.1 Å². The van der Waals surface area contributed by atoms with Crippen LogP contribution < -0.4 is 0 Å². The van der Waals surface area contributed by atoms with E-state index in [-0.39, 0.29) is 12.4 Å². The molecule has 0 aromatic rings. The maximum atomic E-state index is 5.45. The predicted molar refractivity (Wildman–Crippen MR) is 45.0 cm³/mol. The Morgan fingerprint density at radius 2 is 2.17 bits per heavy atom. The van der Waals surface area contributed by atoms with Crippen molar-refractivity contribution in [2.75, 3.05) is 14.2 Å². The van der Waals surface area contributed by atoms with Crippen molar-refractivity contribution in [2.45, 2.75) is 32.2 Å². The minimum Gasteiger partial charge on any atom is -0.399 e. The maximum absolute atomic E-state index is 5.45. The highest BCUT2D eigenvalue weighted by molar-refractivity contribution is 5.85. The standard InChI is InChI=1S/C8H15NO3/c1-6-4-7(9-11-3)5-8(10-2)12-6/h6,8H,4-5H2,1-3H3/b9-7+/t6-,8-/m1/s1. The molecule has 0 N–H and O–H groups in total. The van der Waals surface area contributed by atoms with Crippen molar-refractivity contribution in [3.8, 4) is 0 Å². The van der Waals surface area contributed by atoms with E-state index >= 15 is 0 Å². The van der Waals surface area contributed by atoms with Crippen LogP contribution >= 0.6 is 0 Å². The summed E-state index contributed by atoms with van der Waals surface area (Å²) in [4.78, 5) is 4.70. The number of rotatable bonds is 2. The molecule has 1 aliphatic rings. The Kier molecular flexibility index (Phi) is 3.49. The summed E-state index contributed by atoms with van der Waals surface area (Å²) in [7, 11) is 3.18. The van der Waals surface area contributed by atoms with E-state index in [1.165, 1.54) is 0 Å². The Morgan fingerprint density at radius 1 is 1.42 bits per heavy atom. The lowest BCUT2D eigenvalue weighted by molar-refractivity contribution is -0.153. The monoisotopic (exact) mass is 173 g/mol. The molecule has 4 heteroatoms. The number of ether oxygens (including phenoxy) is 2. The molecular formula is C8H15NO3. The molecule has 2 atom stereocenters. The van der Waals surface area contributed by atoms with Crippen molar-refractivity contribution in [3.63, 3.8) is 0 Å². The summed E-state index contributed by atoms with van der Waals surface area (Å²) in [6, 6.07) is 0. The van der Waals surface area contributed by atoms with Crippen LogP contribution in [0.2, 0.25) is 0 Å². The van der Waals surface area contributed by atoms with E-state index in [1.54, 1.807) is 14.2 Å². The van der Waals surface area contributed by atoms with Crippen molar-refractivity contribution < 1.29 is 14.3 Å². The smallest absolute Gasteiger partial charge is 0.162 e. The van der Waals surface area contributed by atoms with Crippen LogP contribution in [-0.4, -0.2) is 32.3 Å². The Balaban J connectivity index is 2.51. The van der Waals surface area contributed by atoms with E-state index in [0.29, 0.717) is 6.42 Å². The third-order valence-corrected chi connectivity index (χ3v) is 1.79. The van der Waals surface area contributed by atoms with Crippen LogP contribution in [0.4, 0.5) is 0 Å². The van der Waals surface area contributed by atoms with Crippen molar-refractivity contribution >= 4 is 5.71 Å². The van der Waals surface area contributed by atoms with Gasteiger partial charge in [-0.25, -0.2) is 0 Å². The van der Waals surface area contributed by atoms with Gasteiger partial charge in [0.2, 0.25) is 0 Å². The normalized spacial score (nSPS) is 33.8. The molecule has 0 spiro atoms. The maximum Gasteiger partial charge on any atom is 0.162 e. The first-order valence-electron chi connectivity index (χ1n) is 4.03. The number of hydrogen-bond acceptors (Lipinski definition) is 4. The van der Waals surface area contributed by atoms with Gasteiger partial charge in [-0.2, -0.15) is 0 Å². The SMILES string of the molecule is CO/N=C1/C[C@H](OC)O[C@H](C)C1. The molecule has 0 aliphatic carbocycles. The van der Waals surface area contributed by atoms with E-state index < -0.39 is 0 Å². The Labute approximate surface area is 72.5 Å². The van der Waals surface area contributed by atoms with Gasteiger partial charge in [0.25, 0.3) is 0 Å². The predicted octanol–water partition coefficient (Wildman–Crippen LogP) is 1.16. The summed E-state index contributed by atoms with van der Waals surface area (Å²) in [6.45, 7) is 2.00. The van der Waals surface area contributed by atoms with Crippen molar-refractivity contribution in [1.29, 1.82) is 0 Å². The highest BCUT2D eigenvalue weighted by Crippen LogP contribution is 2.17. The summed E-state index contributed by atoms with van der Waals surface area (Å²) < 4.78 is 10.5. The summed E-state index contributed by atoms with van der Waals surface area (Å²) in [5.74, 6) is 0. The van der Waals surface area contributed by atoms with Crippen LogP contribution in [0.25, 0.3) is 0 Å². The van der Waals surface area contributed by atoms with Crippen LogP contribution in [-0.2, 0) is 14.3 Å². The highest BCUT2D eigenvalue weighted by atomic mass is 16.7. The third-order valence-electron chi connectivity index (χ3n) is 1.79. The molecular weight excluding hydrogens is 158 g/mol. The molecule has 4 nitrogen and oxygen atoms in total. The first-order chi connectivity index (χ1) is 5.76. The third kappa shape index (κ3) is 2.46. The average Bonchev–Trinajstić information content (AvgIpc) is 2.04. The lowest BCUT2D eigenvalue weighted by Gasteiger charge is -2.27. The van der Waals surface area contributed by atoms with Gasteiger partial charge >= 0.3 is 0 Å². The number of nitrogens with zero attached hydrogens (tertiary/aromatic N) is 1. The molecule has 0 saturated carbocycles. The van der Waals surface area contributed by atoms with Crippen molar-refractivity contribution in [2.24, 2.45) is 5.16 Å². The fourth-order valence-corrected chi connectivity index (χ4v) is 1.31. The van der Waals surface area contributed by atoms with Crippen molar-refractivity contribution in [3.05, 3.63) is 0 Å². The molecule has 0 aromatic carbocycles. The molecule has 0 amide bonds. The molecule has 1 rings (SSSR count). The second kappa shape index (κ2) is 4.42. The van der Waals surface area contributed by atoms with Gasteiger partial charge in [-0.1, -0.05) is 5.16 Å². The van der Waals surface area contributed by atoms with E-state index in [1.807, 2.05) is 6.92 Å². The fraction of sp³-hybridized carbons (Fsp3) is 0.875. The van der Waals surface area contributed by atoms with Gasteiger partial charge in [0.05, 0.1) is 11.8 Å². The van der Waals surface area contributed by atoms with Gasteiger partial charge in [-0.3, -0.25) is 0 Å². The molecule has 0 aromatic heterocycles. The molecule has 0 unspecified atom stereocenters. The molecule has 1 heterocycles. The van der Waals surface area contributed by atoms with Crippen LogP contribution in [0, 0.1) is 0 Å². The van der Waals surface area contributed by atoms with Gasteiger partial charge in [0.15, 0.2) is 6.29 Å². The molecule has 1 saturated heterocycles. The second-order valence-electron chi connectivity index (χ2n) is 2.86. The summed E-state index contributed by atoms with van der Waals surface area (Å²) in [5, 5.41) is 3.89. The van der Waals surface area contributed by atoms with Gasteiger partial charge < -0.3 is 14.3 Å². The minimum absolute atomic E-state index is 0.164. The Hall–Kier alpha value is -0.610. The average molecular weight is 173 g/mol. The molecule has 0 bridgehead atoms. The van der Waals surface area contributed by atoms with Crippen LogP contribution in [0.1, 0.15) is 19.8 Å². The summed E-state index contributed by atoms with van der Waals surface area (Å²) in [6.07, 6.45) is 1.53. The van der Waals surface area contributed by atoms with E-state index in [4.69, 9.17) is 14.3 Å². The van der Waals surface area contributed by atoms with Gasteiger partial charge in [-0.15, -0.1) is 0 Å². The largest absolute Gasteiger partial charge is 0.399 e. The summed E-state index contributed by atoms with van der Waals surface area (Å²) in [5.41, 5.74) is 1.00. The zero-order chi connectivity index (χ0) is 8.97. The quantitative estimate of drug-likeness (QED) is 0.588. The Bertz CT molecular complexity index is 170. The molecule has 0 radical (unpaired) electrons. The second-order valence-corrected chi connectivity index (χ2v) is 2.86. The summed E-state index contributed by atoms with van der Waals surface area (Å²) >= 11 is 0. The first kappa shape index (κ1) is 9.48. The Morgan fingerprint density at radius 3 is 2.75 bits per heavy atom. The molecule has 12 heavy (non-hydrogen) atoms. The van der Waals surface area contributed by atoms with E-state index in [2.05, 4.69) is 5.16 Å². The lowest BCUT2D eigenvalue weighted by Crippen LogP contribution is -2.32. The minimum atomic E-state index is -0.164. The number of methoxy groups -OCH3 is 1. The molecule has 70 valence electrons. The number of oxime groups is 1. The highest BCUT2D eigenvalue weighted by Gasteiger charge is 2.23. The van der Waals surface area contributed by atoms with Gasteiger partial charge in [0, 0.05) is 20.0 Å². The van der Waals surface area contributed by atoms with Crippen LogP contribution in [0.3, 0.4) is 0 Å². The topological polar surface area (TPSA) is 40.0 Å². The van der Waals surface area contributed by atoms with Crippen LogP contribution in [0.5, 0.6) is 0 Å². The fourth-order valence-electron chi connectivity index (χ4n) is 1.31. The van der Waals surface area contributed by atoms with Gasteiger partial charge in [-0.05, 0) is 6.92 Å². The van der Waals surface area contributed by atoms with Crippen molar-refractivity contribution in [1.82, 2.24) is 0 Å². The molecule has 1 fully saturated rings. The van der Waals surface area contributed by atoms with Gasteiger partial charge in [0.1, 0.15) is 7.11 Å². The molecule has 1 aliphatic heterocycles. The lowest BCUT2D eigenvalue weighted by atomic mass is 10.1. The van der Waals surface area contributed by atoms with E-state index in [9.17, 15) is 0 Å². The first-order valence-corrected chi connectivity index (χ1v) is 4.03. The zero-order valence-electron chi connectivity index (χ0n) is 7.74. The number of hydrogen-bond donors (Lipinski definition) is 0. The zero-order valence-corrected chi connectivity index (χ0v) is 7.74.